The third-order valence-corrected chi connectivity index (χ3v) is 3.96. The maximum absolute atomic E-state index is 13.6. The summed E-state index contributed by atoms with van der Waals surface area (Å²) in [5.74, 6) is 1.43. The Balaban J connectivity index is 1.57. The summed E-state index contributed by atoms with van der Waals surface area (Å²) in [6.07, 6.45) is 6.14. The van der Waals surface area contributed by atoms with Crippen LogP contribution < -0.4 is 10.2 Å². The number of hydrogen-bond donors (Lipinski definition) is 1. The molecule has 1 fully saturated rings. The van der Waals surface area contributed by atoms with Gasteiger partial charge in [-0.2, -0.15) is 4.98 Å². The fourth-order valence-corrected chi connectivity index (χ4v) is 2.74. The van der Waals surface area contributed by atoms with Crippen molar-refractivity contribution in [2.45, 2.75) is 25.7 Å². The highest BCUT2D eigenvalue weighted by molar-refractivity contribution is 5.42. The molecule has 3 rings (SSSR count). The molecule has 0 aliphatic carbocycles. The van der Waals surface area contributed by atoms with E-state index in [9.17, 15) is 4.39 Å². The van der Waals surface area contributed by atoms with Gasteiger partial charge in [0.15, 0.2) is 0 Å². The summed E-state index contributed by atoms with van der Waals surface area (Å²) in [7, 11) is 0. The van der Waals surface area contributed by atoms with Crippen molar-refractivity contribution in [2.24, 2.45) is 0 Å². The largest absolute Gasteiger partial charge is 0.356 e. The van der Waals surface area contributed by atoms with E-state index in [4.69, 9.17) is 0 Å². The number of anilines is 2. The molecule has 116 valence electrons. The summed E-state index contributed by atoms with van der Waals surface area (Å²) in [6.45, 7) is 2.74. The molecule has 1 N–H and O–H groups in total. The van der Waals surface area contributed by atoms with Crippen LogP contribution in [0, 0.1) is 5.82 Å². The van der Waals surface area contributed by atoms with Gasteiger partial charge in [-0.1, -0.05) is 18.2 Å². The minimum atomic E-state index is -0.160. The molecule has 0 bridgehead atoms. The van der Waals surface area contributed by atoms with Crippen LogP contribution in [-0.2, 0) is 6.42 Å². The lowest BCUT2D eigenvalue weighted by Crippen LogP contribution is -2.30. The average Bonchev–Trinajstić information content (AvgIpc) is 2.58. The van der Waals surface area contributed by atoms with Crippen LogP contribution in [0.1, 0.15) is 24.8 Å². The zero-order chi connectivity index (χ0) is 15.2. The Hall–Kier alpha value is -2.17. The molecule has 0 amide bonds. The summed E-state index contributed by atoms with van der Waals surface area (Å²) in [5.41, 5.74) is 0.710. The normalized spacial score (nSPS) is 14.9. The molecule has 2 aromatic rings. The van der Waals surface area contributed by atoms with E-state index in [0.29, 0.717) is 24.5 Å². The van der Waals surface area contributed by atoms with Crippen LogP contribution in [-0.4, -0.2) is 29.6 Å². The van der Waals surface area contributed by atoms with E-state index in [1.165, 1.54) is 25.3 Å². The Morgan fingerprint density at radius 2 is 1.91 bits per heavy atom. The van der Waals surface area contributed by atoms with E-state index in [1.807, 2.05) is 18.2 Å². The van der Waals surface area contributed by atoms with Crippen LogP contribution in [0.15, 0.2) is 36.5 Å². The summed E-state index contributed by atoms with van der Waals surface area (Å²) < 4.78 is 13.6. The molecular formula is C17H21FN4. The highest BCUT2D eigenvalue weighted by Gasteiger charge is 2.12. The molecule has 0 atom stereocenters. The Kier molecular flexibility index (Phi) is 4.83. The van der Waals surface area contributed by atoms with Crippen LogP contribution in [0.5, 0.6) is 0 Å². The molecule has 1 aliphatic rings. The molecule has 0 spiro atoms. The van der Waals surface area contributed by atoms with Crippen LogP contribution in [0.25, 0.3) is 0 Å². The molecule has 0 saturated carbocycles. The van der Waals surface area contributed by atoms with Gasteiger partial charge in [0, 0.05) is 25.8 Å². The first-order valence-corrected chi connectivity index (χ1v) is 7.88. The van der Waals surface area contributed by atoms with E-state index in [1.54, 1.807) is 12.3 Å². The van der Waals surface area contributed by atoms with Gasteiger partial charge in [0.1, 0.15) is 11.6 Å². The third kappa shape index (κ3) is 3.72. The minimum Gasteiger partial charge on any atom is -0.356 e. The van der Waals surface area contributed by atoms with Gasteiger partial charge < -0.3 is 10.2 Å². The molecule has 0 unspecified atom stereocenters. The number of halogens is 1. The van der Waals surface area contributed by atoms with Crippen molar-refractivity contribution in [2.75, 3.05) is 29.9 Å². The van der Waals surface area contributed by atoms with Crippen molar-refractivity contribution in [1.29, 1.82) is 0 Å². The minimum absolute atomic E-state index is 0.160. The smallest absolute Gasteiger partial charge is 0.224 e. The number of nitrogens with one attached hydrogen (secondary N) is 1. The first kappa shape index (κ1) is 14.8. The Morgan fingerprint density at radius 3 is 2.73 bits per heavy atom. The summed E-state index contributed by atoms with van der Waals surface area (Å²) in [6, 6.07) is 8.81. The molecule has 1 aromatic heterocycles. The van der Waals surface area contributed by atoms with E-state index in [0.717, 1.165) is 18.9 Å². The zero-order valence-corrected chi connectivity index (χ0v) is 12.6. The fraction of sp³-hybridized carbons (Fsp3) is 0.412. The molecule has 22 heavy (non-hydrogen) atoms. The van der Waals surface area contributed by atoms with Gasteiger partial charge in [-0.3, -0.25) is 0 Å². The van der Waals surface area contributed by atoms with Gasteiger partial charge in [0.2, 0.25) is 5.95 Å². The molecule has 5 heteroatoms. The second-order valence-corrected chi connectivity index (χ2v) is 5.55. The lowest BCUT2D eigenvalue weighted by molar-refractivity contribution is 0.573. The number of hydrogen-bond acceptors (Lipinski definition) is 4. The number of benzene rings is 1. The number of rotatable bonds is 5. The molecule has 4 nitrogen and oxygen atoms in total. The molecule has 2 heterocycles. The number of aromatic nitrogens is 2. The predicted molar refractivity (Wildman–Crippen MR) is 86.7 cm³/mol. The quantitative estimate of drug-likeness (QED) is 0.920. The van der Waals surface area contributed by atoms with Crippen molar-refractivity contribution in [3.8, 4) is 0 Å². The Labute approximate surface area is 130 Å². The van der Waals surface area contributed by atoms with Crippen LogP contribution in [0.2, 0.25) is 0 Å². The van der Waals surface area contributed by atoms with Crippen molar-refractivity contribution in [1.82, 2.24) is 9.97 Å². The molecule has 1 aliphatic heterocycles. The van der Waals surface area contributed by atoms with Crippen LogP contribution >= 0.6 is 0 Å². The van der Waals surface area contributed by atoms with Crippen molar-refractivity contribution in [3.63, 3.8) is 0 Å². The second-order valence-electron chi connectivity index (χ2n) is 5.55. The molecule has 0 radical (unpaired) electrons. The highest BCUT2D eigenvalue weighted by atomic mass is 19.1. The lowest BCUT2D eigenvalue weighted by atomic mass is 10.1. The number of piperidine rings is 1. The standard InChI is InChI=1S/C17H21FN4/c18-15-7-3-2-6-14(15)8-10-19-17-20-11-9-16(21-17)22-12-4-1-5-13-22/h2-3,6-7,9,11H,1,4-5,8,10,12-13H2,(H,19,20,21). The van der Waals surface area contributed by atoms with E-state index < -0.39 is 0 Å². The van der Waals surface area contributed by atoms with Crippen molar-refractivity contribution >= 4 is 11.8 Å². The van der Waals surface area contributed by atoms with Gasteiger partial charge in [0.05, 0.1) is 0 Å². The molecule has 1 aromatic carbocycles. The van der Waals surface area contributed by atoms with Gasteiger partial charge in [-0.05, 0) is 43.4 Å². The maximum atomic E-state index is 13.6. The maximum Gasteiger partial charge on any atom is 0.224 e. The topological polar surface area (TPSA) is 41.1 Å². The highest BCUT2D eigenvalue weighted by Crippen LogP contribution is 2.18. The molecule has 1 saturated heterocycles. The molecular weight excluding hydrogens is 279 g/mol. The van der Waals surface area contributed by atoms with E-state index >= 15 is 0 Å². The third-order valence-electron chi connectivity index (χ3n) is 3.96. The zero-order valence-electron chi connectivity index (χ0n) is 12.6. The SMILES string of the molecule is Fc1ccccc1CCNc1nccc(N2CCCCC2)n1. The summed E-state index contributed by atoms with van der Waals surface area (Å²) >= 11 is 0. The van der Waals surface area contributed by atoms with Crippen LogP contribution in [0.3, 0.4) is 0 Å². The summed E-state index contributed by atoms with van der Waals surface area (Å²) in [4.78, 5) is 11.1. The van der Waals surface area contributed by atoms with Crippen LogP contribution in [0.4, 0.5) is 16.2 Å². The van der Waals surface area contributed by atoms with Gasteiger partial charge in [-0.25, -0.2) is 9.37 Å². The number of nitrogens with zero attached hydrogens (tertiary/aromatic N) is 3. The lowest BCUT2D eigenvalue weighted by Gasteiger charge is -2.27. The fourth-order valence-electron chi connectivity index (χ4n) is 2.74. The van der Waals surface area contributed by atoms with Gasteiger partial charge >= 0.3 is 0 Å². The predicted octanol–water partition coefficient (Wildman–Crippen LogP) is 3.26. The van der Waals surface area contributed by atoms with E-state index in [-0.39, 0.29) is 5.82 Å². The van der Waals surface area contributed by atoms with Crippen molar-refractivity contribution < 1.29 is 4.39 Å². The summed E-state index contributed by atoms with van der Waals surface area (Å²) in [5, 5.41) is 3.18. The first-order valence-electron chi connectivity index (χ1n) is 7.88. The first-order chi connectivity index (χ1) is 10.8. The Bertz CT molecular complexity index is 611. The second kappa shape index (κ2) is 7.20. The Morgan fingerprint density at radius 1 is 1.09 bits per heavy atom. The van der Waals surface area contributed by atoms with Crippen molar-refractivity contribution in [3.05, 3.63) is 47.9 Å². The monoisotopic (exact) mass is 300 g/mol. The average molecular weight is 300 g/mol. The van der Waals surface area contributed by atoms with Gasteiger partial charge in [0.25, 0.3) is 0 Å². The van der Waals surface area contributed by atoms with E-state index in [2.05, 4.69) is 20.2 Å². The van der Waals surface area contributed by atoms with Gasteiger partial charge in [-0.15, -0.1) is 0 Å².